The van der Waals surface area contributed by atoms with Gasteiger partial charge in [0, 0.05) is 16.8 Å². The first-order chi connectivity index (χ1) is 14.9. The third-order valence-corrected chi connectivity index (χ3v) is 6.28. The maximum atomic E-state index is 13.1. The fraction of sp³-hybridized carbons (Fsp3) is 0.227. The first kappa shape index (κ1) is 19.4. The number of amides is 1. The number of carbonyl (C=O) groups excluding carboxylic acids is 1. The van der Waals surface area contributed by atoms with Crippen molar-refractivity contribution in [3.05, 3.63) is 53.0 Å². The van der Waals surface area contributed by atoms with Crippen molar-refractivity contribution in [2.45, 2.75) is 33.7 Å². The summed E-state index contributed by atoms with van der Waals surface area (Å²) in [6, 6.07) is 5.71. The van der Waals surface area contributed by atoms with Crippen molar-refractivity contribution in [3.8, 4) is 11.6 Å². The molecule has 0 aliphatic rings. The number of hydrogen-bond acceptors (Lipinski definition) is 7. The smallest absolute Gasteiger partial charge is 0.266 e. The van der Waals surface area contributed by atoms with Crippen LogP contribution in [0.2, 0.25) is 0 Å². The zero-order chi connectivity index (χ0) is 21.7. The summed E-state index contributed by atoms with van der Waals surface area (Å²) < 4.78 is 7.28. The van der Waals surface area contributed by atoms with Crippen LogP contribution in [0.5, 0.6) is 0 Å². The number of carbonyl (C=O) groups is 1. The van der Waals surface area contributed by atoms with Crippen LogP contribution in [0, 0.1) is 13.8 Å². The highest BCUT2D eigenvalue weighted by Crippen LogP contribution is 2.33. The van der Waals surface area contributed by atoms with Gasteiger partial charge in [-0.05, 0) is 51.5 Å². The SMILES string of the molecule is Cc1nc(-c2ccco2)nc2sc(C(=O)Nc3cnc4c(cnn4C(C)C)c3)c(C)c12. The summed E-state index contributed by atoms with van der Waals surface area (Å²) in [4.78, 5) is 28.1. The Balaban J connectivity index is 1.49. The molecule has 5 aromatic rings. The molecule has 5 rings (SSSR count). The van der Waals surface area contributed by atoms with Gasteiger partial charge in [0.2, 0.25) is 0 Å². The Morgan fingerprint density at radius 1 is 1.23 bits per heavy atom. The summed E-state index contributed by atoms with van der Waals surface area (Å²) >= 11 is 1.35. The van der Waals surface area contributed by atoms with Crippen LogP contribution in [0.3, 0.4) is 0 Å². The molecule has 0 saturated carbocycles. The van der Waals surface area contributed by atoms with Crippen LogP contribution in [0.25, 0.3) is 32.8 Å². The van der Waals surface area contributed by atoms with Gasteiger partial charge in [-0.3, -0.25) is 4.79 Å². The quantitative estimate of drug-likeness (QED) is 0.422. The number of hydrogen-bond donors (Lipinski definition) is 1. The van der Waals surface area contributed by atoms with Crippen molar-refractivity contribution in [1.29, 1.82) is 0 Å². The van der Waals surface area contributed by atoms with Gasteiger partial charge in [-0.25, -0.2) is 19.6 Å². The number of anilines is 1. The third kappa shape index (κ3) is 3.27. The van der Waals surface area contributed by atoms with Gasteiger partial charge < -0.3 is 9.73 Å². The summed E-state index contributed by atoms with van der Waals surface area (Å²) in [6.07, 6.45) is 5.01. The lowest BCUT2D eigenvalue weighted by Crippen LogP contribution is -2.11. The molecule has 1 N–H and O–H groups in total. The van der Waals surface area contributed by atoms with Crippen molar-refractivity contribution >= 4 is 44.2 Å². The molecule has 9 heteroatoms. The van der Waals surface area contributed by atoms with E-state index in [1.165, 1.54) is 11.3 Å². The van der Waals surface area contributed by atoms with Gasteiger partial charge in [0.1, 0.15) is 4.83 Å². The minimum atomic E-state index is -0.197. The number of furan rings is 1. The molecule has 1 amide bonds. The predicted octanol–water partition coefficient (Wildman–Crippen LogP) is 5.15. The maximum absolute atomic E-state index is 13.1. The van der Waals surface area contributed by atoms with Crippen LogP contribution >= 0.6 is 11.3 Å². The van der Waals surface area contributed by atoms with Gasteiger partial charge >= 0.3 is 0 Å². The molecule has 8 nitrogen and oxygen atoms in total. The molecule has 0 radical (unpaired) electrons. The van der Waals surface area contributed by atoms with Crippen molar-refractivity contribution < 1.29 is 9.21 Å². The van der Waals surface area contributed by atoms with E-state index in [0.717, 1.165) is 32.5 Å². The molecule has 0 spiro atoms. The first-order valence-corrected chi connectivity index (χ1v) is 10.7. The van der Waals surface area contributed by atoms with Crippen molar-refractivity contribution in [3.63, 3.8) is 0 Å². The van der Waals surface area contributed by atoms with E-state index < -0.39 is 0 Å². The number of aromatic nitrogens is 5. The van der Waals surface area contributed by atoms with Gasteiger partial charge in [-0.2, -0.15) is 5.10 Å². The minimum absolute atomic E-state index is 0.197. The number of pyridine rings is 1. The van der Waals surface area contributed by atoms with E-state index in [4.69, 9.17) is 4.42 Å². The summed E-state index contributed by atoms with van der Waals surface area (Å²) in [5.74, 6) is 0.917. The number of aryl methyl sites for hydroxylation is 2. The molecule has 0 aromatic carbocycles. The Morgan fingerprint density at radius 3 is 2.81 bits per heavy atom. The van der Waals surface area contributed by atoms with Crippen molar-refractivity contribution in [2.24, 2.45) is 0 Å². The average molecular weight is 433 g/mol. The summed E-state index contributed by atoms with van der Waals surface area (Å²) in [6.45, 7) is 7.94. The van der Waals surface area contributed by atoms with E-state index in [1.807, 2.05) is 30.7 Å². The monoisotopic (exact) mass is 432 g/mol. The maximum Gasteiger partial charge on any atom is 0.266 e. The van der Waals surface area contributed by atoms with Gasteiger partial charge in [0.05, 0.1) is 34.9 Å². The van der Waals surface area contributed by atoms with E-state index in [-0.39, 0.29) is 11.9 Å². The van der Waals surface area contributed by atoms with Gasteiger partial charge in [0.15, 0.2) is 17.2 Å². The van der Waals surface area contributed by atoms with E-state index in [9.17, 15) is 4.79 Å². The molecule has 0 aliphatic heterocycles. The second-order valence-corrected chi connectivity index (χ2v) is 8.62. The van der Waals surface area contributed by atoms with Gasteiger partial charge in [0.25, 0.3) is 5.91 Å². The zero-order valence-corrected chi connectivity index (χ0v) is 18.3. The predicted molar refractivity (Wildman–Crippen MR) is 120 cm³/mol. The Bertz CT molecular complexity index is 1430. The standard InChI is InChI=1S/C22H20N6O2S/c1-11(2)28-20-14(9-24-28)8-15(10-23-20)26-21(29)18-12(3)17-13(4)25-19(27-22(17)31-18)16-6-5-7-30-16/h5-11H,1-4H3,(H,26,29). The summed E-state index contributed by atoms with van der Waals surface area (Å²) in [5, 5.41) is 9.11. The van der Waals surface area contributed by atoms with Crippen LogP contribution in [-0.4, -0.2) is 30.6 Å². The normalized spacial score (nSPS) is 11.6. The number of nitrogens with one attached hydrogen (secondary N) is 1. The molecule has 0 saturated heterocycles. The molecule has 0 aliphatic carbocycles. The fourth-order valence-electron chi connectivity index (χ4n) is 3.65. The molecule has 0 bridgehead atoms. The van der Waals surface area contributed by atoms with Gasteiger partial charge in [-0.15, -0.1) is 11.3 Å². The number of rotatable bonds is 4. The van der Waals surface area contributed by atoms with Crippen LogP contribution < -0.4 is 5.32 Å². The molecule has 31 heavy (non-hydrogen) atoms. The molecule has 0 atom stereocenters. The second kappa shape index (κ2) is 7.28. The lowest BCUT2D eigenvalue weighted by Gasteiger charge is -2.07. The van der Waals surface area contributed by atoms with Crippen LogP contribution in [0.4, 0.5) is 5.69 Å². The van der Waals surface area contributed by atoms with Crippen LogP contribution in [-0.2, 0) is 0 Å². The largest absolute Gasteiger partial charge is 0.461 e. The average Bonchev–Trinajstić information content (AvgIpc) is 3.46. The first-order valence-electron chi connectivity index (χ1n) is 9.88. The minimum Gasteiger partial charge on any atom is -0.461 e. The van der Waals surface area contributed by atoms with Crippen LogP contribution in [0.1, 0.15) is 40.8 Å². The van der Waals surface area contributed by atoms with E-state index >= 15 is 0 Å². The Hall–Kier alpha value is -3.59. The Kier molecular flexibility index (Phi) is 4.55. The summed E-state index contributed by atoms with van der Waals surface area (Å²) in [7, 11) is 0. The van der Waals surface area contributed by atoms with E-state index in [0.29, 0.717) is 22.1 Å². The molecule has 0 unspecified atom stereocenters. The lowest BCUT2D eigenvalue weighted by molar-refractivity contribution is 0.103. The Labute approximate surface area is 182 Å². The molecular formula is C22H20N6O2S. The number of nitrogens with zero attached hydrogens (tertiary/aromatic N) is 5. The lowest BCUT2D eigenvalue weighted by atomic mass is 10.1. The molecule has 156 valence electrons. The molecule has 0 fully saturated rings. The molecule has 5 heterocycles. The van der Waals surface area contributed by atoms with Crippen molar-refractivity contribution in [2.75, 3.05) is 5.32 Å². The van der Waals surface area contributed by atoms with E-state index in [1.54, 1.807) is 24.7 Å². The van der Waals surface area contributed by atoms with E-state index in [2.05, 4.69) is 39.2 Å². The number of fused-ring (bicyclic) bond motifs is 2. The highest BCUT2D eigenvalue weighted by atomic mass is 32.1. The van der Waals surface area contributed by atoms with Crippen molar-refractivity contribution in [1.82, 2.24) is 24.7 Å². The van der Waals surface area contributed by atoms with Crippen LogP contribution in [0.15, 0.2) is 41.3 Å². The third-order valence-electron chi connectivity index (χ3n) is 5.10. The second-order valence-electron chi connectivity index (χ2n) is 7.62. The fourth-order valence-corrected chi connectivity index (χ4v) is 4.77. The zero-order valence-electron chi connectivity index (χ0n) is 17.5. The highest BCUT2D eigenvalue weighted by Gasteiger charge is 2.20. The Morgan fingerprint density at radius 2 is 2.06 bits per heavy atom. The molecule has 5 aromatic heterocycles. The molecular weight excluding hydrogens is 412 g/mol. The highest BCUT2D eigenvalue weighted by molar-refractivity contribution is 7.20. The van der Waals surface area contributed by atoms with Gasteiger partial charge in [-0.1, -0.05) is 0 Å². The topological polar surface area (TPSA) is 98.7 Å². The number of thiophene rings is 1. The summed E-state index contributed by atoms with van der Waals surface area (Å²) in [5.41, 5.74) is 3.09.